The van der Waals surface area contributed by atoms with Crippen LogP contribution in [-0.4, -0.2) is 16.5 Å². The number of hydrogen-bond acceptors (Lipinski definition) is 2. The number of carbonyl (C=O) groups excluding carboxylic acids is 1. The van der Waals surface area contributed by atoms with Crippen LogP contribution in [0.5, 0.6) is 0 Å². The van der Waals surface area contributed by atoms with Crippen LogP contribution in [0.4, 0.5) is 0 Å². The van der Waals surface area contributed by atoms with Crippen molar-refractivity contribution >= 4 is 12.0 Å². The molecule has 1 amide bonds. The number of nitrogens with zero attached hydrogens (tertiary/aromatic N) is 2. The van der Waals surface area contributed by atoms with Crippen molar-refractivity contribution in [3.05, 3.63) is 28.6 Å². The normalized spacial score (nSPS) is 16.2. The summed E-state index contributed by atoms with van der Waals surface area (Å²) in [5.74, 6) is 0.320. The predicted octanol–water partition coefficient (Wildman–Crippen LogP) is 3.34. The molecule has 0 radical (unpaired) electrons. The lowest BCUT2D eigenvalue weighted by molar-refractivity contribution is -0.117. The lowest BCUT2D eigenvalue weighted by atomic mass is 10.1. The van der Waals surface area contributed by atoms with Gasteiger partial charge in [0, 0.05) is 24.0 Å². The second-order valence-electron chi connectivity index (χ2n) is 6.25. The molecule has 22 heavy (non-hydrogen) atoms. The van der Waals surface area contributed by atoms with Crippen LogP contribution in [0.1, 0.15) is 50.1 Å². The third-order valence-electron chi connectivity index (χ3n) is 4.41. The van der Waals surface area contributed by atoms with Gasteiger partial charge in [-0.2, -0.15) is 5.26 Å². The third-order valence-corrected chi connectivity index (χ3v) is 4.41. The van der Waals surface area contributed by atoms with Gasteiger partial charge in [0.2, 0.25) is 0 Å². The van der Waals surface area contributed by atoms with E-state index < -0.39 is 0 Å². The Labute approximate surface area is 132 Å². The second kappa shape index (κ2) is 6.83. The van der Waals surface area contributed by atoms with E-state index in [-0.39, 0.29) is 17.5 Å². The van der Waals surface area contributed by atoms with Gasteiger partial charge in [0.15, 0.2) is 0 Å². The van der Waals surface area contributed by atoms with Crippen molar-refractivity contribution in [3.8, 4) is 6.07 Å². The standard InChI is InChI=1S/C18H25N3O/c1-5-8-21-12(2)9-16(14(21)4)10-17(11-19)18(22)20-13(3)15-6-7-15/h9-10,13,15H,5-8H2,1-4H3,(H,20,22). The lowest BCUT2D eigenvalue weighted by Crippen LogP contribution is -2.34. The first-order valence-electron chi connectivity index (χ1n) is 8.07. The highest BCUT2D eigenvalue weighted by Crippen LogP contribution is 2.32. The van der Waals surface area contributed by atoms with Crippen LogP contribution in [-0.2, 0) is 11.3 Å². The SMILES string of the molecule is CCCn1c(C)cc(C=C(C#N)C(=O)NC(C)C2CC2)c1C. The summed E-state index contributed by atoms with van der Waals surface area (Å²) in [6.45, 7) is 9.20. The molecule has 4 heteroatoms. The van der Waals surface area contributed by atoms with Gasteiger partial charge < -0.3 is 9.88 Å². The molecule has 0 aliphatic heterocycles. The van der Waals surface area contributed by atoms with Gasteiger partial charge >= 0.3 is 0 Å². The van der Waals surface area contributed by atoms with E-state index in [0.717, 1.165) is 29.9 Å². The van der Waals surface area contributed by atoms with E-state index in [1.165, 1.54) is 12.8 Å². The summed E-state index contributed by atoms with van der Waals surface area (Å²) in [4.78, 5) is 12.2. The molecule has 2 rings (SSSR count). The Morgan fingerprint density at radius 3 is 2.77 bits per heavy atom. The van der Waals surface area contributed by atoms with Crippen LogP contribution < -0.4 is 5.32 Å². The molecule has 1 heterocycles. The molecule has 1 aromatic heterocycles. The van der Waals surface area contributed by atoms with E-state index in [9.17, 15) is 10.1 Å². The number of aromatic nitrogens is 1. The topological polar surface area (TPSA) is 57.8 Å². The van der Waals surface area contributed by atoms with Gasteiger partial charge in [-0.15, -0.1) is 0 Å². The fourth-order valence-electron chi connectivity index (χ4n) is 2.84. The molecule has 1 fully saturated rings. The average molecular weight is 299 g/mol. The van der Waals surface area contributed by atoms with Gasteiger partial charge in [0.25, 0.3) is 5.91 Å². The molecule has 0 saturated heterocycles. The number of nitriles is 1. The quantitative estimate of drug-likeness (QED) is 0.647. The zero-order valence-corrected chi connectivity index (χ0v) is 13.9. The number of aryl methyl sites for hydroxylation is 1. The molecular weight excluding hydrogens is 274 g/mol. The summed E-state index contributed by atoms with van der Waals surface area (Å²) < 4.78 is 2.23. The number of nitrogens with one attached hydrogen (secondary N) is 1. The van der Waals surface area contributed by atoms with Gasteiger partial charge in [0.05, 0.1) is 0 Å². The minimum absolute atomic E-state index is 0.150. The first-order chi connectivity index (χ1) is 10.5. The molecule has 1 N–H and O–H groups in total. The van der Waals surface area contributed by atoms with Crippen LogP contribution in [0.25, 0.3) is 6.08 Å². The van der Waals surface area contributed by atoms with Crippen molar-refractivity contribution in [2.24, 2.45) is 5.92 Å². The minimum Gasteiger partial charge on any atom is -0.349 e. The Hall–Kier alpha value is -2.02. The number of hydrogen-bond donors (Lipinski definition) is 1. The van der Waals surface area contributed by atoms with Crippen molar-refractivity contribution < 1.29 is 4.79 Å². The van der Waals surface area contributed by atoms with Crippen LogP contribution in [0.15, 0.2) is 11.6 Å². The molecule has 1 aliphatic rings. The summed E-state index contributed by atoms with van der Waals surface area (Å²) in [7, 11) is 0. The molecule has 1 atom stereocenters. The largest absolute Gasteiger partial charge is 0.349 e. The monoisotopic (exact) mass is 299 g/mol. The fourth-order valence-corrected chi connectivity index (χ4v) is 2.84. The Kier molecular flexibility index (Phi) is 5.07. The summed E-state index contributed by atoms with van der Waals surface area (Å²) >= 11 is 0. The smallest absolute Gasteiger partial charge is 0.262 e. The van der Waals surface area contributed by atoms with Gasteiger partial charge in [0.1, 0.15) is 11.6 Å². The summed E-state index contributed by atoms with van der Waals surface area (Å²) in [6.07, 6.45) is 5.11. The maximum Gasteiger partial charge on any atom is 0.262 e. The Morgan fingerprint density at radius 2 is 2.23 bits per heavy atom. The highest BCUT2D eigenvalue weighted by Gasteiger charge is 2.29. The first kappa shape index (κ1) is 16.4. The average Bonchev–Trinajstić information content (AvgIpc) is 3.28. The second-order valence-corrected chi connectivity index (χ2v) is 6.25. The zero-order valence-electron chi connectivity index (χ0n) is 13.9. The number of carbonyl (C=O) groups is 1. The van der Waals surface area contributed by atoms with Crippen molar-refractivity contribution in [3.63, 3.8) is 0 Å². The van der Waals surface area contributed by atoms with Gasteiger partial charge in [-0.25, -0.2) is 0 Å². The van der Waals surface area contributed by atoms with E-state index in [0.29, 0.717) is 5.92 Å². The zero-order chi connectivity index (χ0) is 16.3. The summed E-state index contributed by atoms with van der Waals surface area (Å²) in [6, 6.07) is 4.23. The molecule has 0 aromatic carbocycles. The van der Waals surface area contributed by atoms with E-state index in [4.69, 9.17) is 0 Å². The molecule has 1 aliphatic carbocycles. The van der Waals surface area contributed by atoms with Crippen molar-refractivity contribution in [1.29, 1.82) is 5.26 Å². The van der Waals surface area contributed by atoms with E-state index in [1.807, 2.05) is 26.0 Å². The summed E-state index contributed by atoms with van der Waals surface area (Å²) in [5, 5.41) is 12.3. The van der Waals surface area contributed by atoms with Crippen LogP contribution >= 0.6 is 0 Å². The van der Waals surface area contributed by atoms with Gasteiger partial charge in [-0.1, -0.05) is 6.92 Å². The van der Waals surface area contributed by atoms with E-state index >= 15 is 0 Å². The van der Waals surface area contributed by atoms with Crippen LogP contribution in [0.2, 0.25) is 0 Å². The Bertz CT molecular complexity index is 629. The van der Waals surface area contributed by atoms with Crippen LogP contribution in [0.3, 0.4) is 0 Å². The van der Waals surface area contributed by atoms with E-state index in [1.54, 1.807) is 6.08 Å². The number of amides is 1. The Morgan fingerprint density at radius 1 is 1.55 bits per heavy atom. The molecule has 1 saturated carbocycles. The fraction of sp³-hybridized carbons (Fsp3) is 0.556. The van der Waals surface area contributed by atoms with Crippen LogP contribution in [0, 0.1) is 31.1 Å². The highest BCUT2D eigenvalue weighted by molar-refractivity contribution is 6.02. The maximum absolute atomic E-state index is 12.2. The lowest BCUT2D eigenvalue weighted by Gasteiger charge is -2.12. The minimum atomic E-state index is -0.262. The predicted molar refractivity (Wildman–Crippen MR) is 88.1 cm³/mol. The van der Waals surface area contributed by atoms with E-state index in [2.05, 4.69) is 23.7 Å². The highest BCUT2D eigenvalue weighted by atomic mass is 16.1. The van der Waals surface area contributed by atoms with Crippen molar-refractivity contribution in [2.45, 2.75) is 59.5 Å². The molecule has 0 bridgehead atoms. The number of rotatable bonds is 6. The first-order valence-corrected chi connectivity index (χ1v) is 8.07. The molecular formula is C18H25N3O. The molecule has 1 aromatic rings. The van der Waals surface area contributed by atoms with Gasteiger partial charge in [-0.3, -0.25) is 4.79 Å². The van der Waals surface area contributed by atoms with Crippen molar-refractivity contribution in [1.82, 2.24) is 9.88 Å². The maximum atomic E-state index is 12.2. The molecule has 4 nitrogen and oxygen atoms in total. The Balaban J connectivity index is 2.19. The third kappa shape index (κ3) is 3.59. The molecule has 1 unspecified atom stereocenters. The molecule has 0 spiro atoms. The summed E-state index contributed by atoms with van der Waals surface area (Å²) in [5.41, 5.74) is 3.41. The molecule has 118 valence electrons. The van der Waals surface area contributed by atoms with Gasteiger partial charge in [-0.05, 0) is 63.7 Å². The van der Waals surface area contributed by atoms with Crippen molar-refractivity contribution in [2.75, 3.05) is 0 Å².